The van der Waals surface area contributed by atoms with Crippen LogP contribution >= 0.6 is 0 Å². The van der Waals surface area contributed by atoms with Gasteiger partial charge in [-0.3, -0.25) is 9.59 Å². The first-order valence-electron chi connectivity index (χ1n) is 13.2. The van der Waals surface area contributed by atoms with E-state index in [0.717, 1.165) is 31.4 Å². The van der Waals surface area contributed by atoms with E-state index in [-0.39, 0.29) is 36.0 Å². The maximum atomic E-state index is 13.3. The zero-order valence-corrected chi connectivity index (χ0v) is 22.2. The molecule has 1 aliphatic carbocycles. The number of carbonyl (C=O) groups excluding carboxylic acids is 3. The van der Waals surface area contributed by atoms with E-state index in [1.165, 1.54) is 0 Å². The molecule has 1 saturated carbocycles. The highest BCUT2D eigenvalue weighted by Crippen LogP contribution is 2.32. The van der Waals surface area contributed by atoms with Crippen LogP contribution in [-0.4, -0.2) is 47.4 Å². The number of alkyl carbamates (subject to hydrolysis) is 1. The fourth-order valence-corrected chi connectivity index (χ4v) is 5.40. The molecule has 0 aromatic heterocycles. The maximum Gasteiger partial charge on any atom is 0.416 e. The molecule has 1 heterocycles. The van der Waals surface area contributed by atoms with E-state index in [9.17, 15) is 27.6 Å². The lowest BCUT2D eigenvalue weighted by Crippen LogP contribution is -2.51. The highest BCUT2D eigenvalue weighted by Gasteiger charge is 2.37. The van der Waals surface area contributed by atoms with Gasteiger partial charge in [-0.25, -0.2) is 4.79 Å². The lowest BCUT2D eigenvalue weighted by Gasteiger charge is -2.38. The lowest BCUT2D eigenvalue weighted by molar-refractivity contribution is -0.139. The molecule has 37 heavy (non-hydrogen) atoms. The van der Waals surface area contributed by atoms with Gasteiger partial charge in [0, 0.05) is 32.0 Å². The van der Waals surface area contributed by atoms with Crippen molar-refractivity contribution in [1.29, 1.82) is 0 Å². The highest BCUT2D eigenvalue weighted by atomic mass is 19.4. The summed E-state index contributed by atoms with van der Waals surface area (Å²) < 4.78 is 44.7. The van der Waals surface area contributed by atoms with Gasteiger partial charge in [-0.15, -0.1) is 0 Å². The summed E-state index contributed by atoms with van der Waals surface area (Å²) >= 11 is 0. The summed E-state index contributed by atoms with van der Waals surface area (Å²) in [4.78, 5) is 40.1. The molecular weight excluding hydrogens is 485 g/mol. The SMILES string of the molecule is Cc1cc(CC(=O)CC2CCN(C(=O)[C@@H]3CCCC[C@H]3NC(=O)OC(C)(C)C)CC2)cc(C(F)(F)F)c1. The first-order chi connectivity index (χ1) is 17.2. The van der Waals surface area contributed by atoms with Crippen molar-refractivity contribution in [2.24, 2.45) is 11.8 Å². The monoisotopic (exact) mass is 524 g/mol. The van der Waals surface area contributed by atoms with E-state index in [2.05, 4.69) is 5.32 Å². The molecule has 0 unspecified atom stereocenters. The molecule has 0 bridgehead atoms. The minimum Gasteiger partial charge on any atom is -0.444 e. The smallest absolute Gasteiger partial charge is 0.416 e. The number of ether oxygens (including phenoxy) is 1. The molecule has 1 aromatic carbocycles. The van der Waals surface area contributed by atoms with Crippen molar-refractivity contribution >= 4 is 17.8 Å². The molecular formula is C28H39F3N2O4. The predicted octanol–water partition coefficient (Wildman–Crippen LogP) is 5.84. The number of Topliss-reactive ketones (excluding diaryl/α,β-unsaturated/α-hetero) is 1. The molecule has 2 atom stereocenters. The molecule has 2 amide bonds. The number of benzene rings is 1. The van der Waals surface area contributed by atoms with Crippen LogP contribution in [0.25, 0.3) is 0 Å². The normalized spacial score (nSPS) is 21.4. The number of halogens is 3. The Morgan fingerprint density at radius 2 is 1.65 bits per heavy atom. The van der Waals surface area contributed by atoms with Gasteiger partial charge in [-0.05, 0) is 77.0 Å². The van der Waals surface area contributed by atoms with Gasteiger partial charge in [0.1, 0.15) is 11.4 Å². The van der Waals surface area contributed by atoms with Gasteiger partial charge in [0.25, 0.3) is 0 Å². The van der Waals surface area contributed by atoms with Crippen LogP contribution in [0.3, 0.4) is 0 Å². The quantitative estimate of drug-likeness (QED) is 0.508. The van der Waals surface area contributed by atoms with Crippen molar-refractivity contribution in [1.82, 2.24) is 10.2 Å². The van der Waals surface area contributed by atoms with Crippen molar-refractivity contribution < 1.29 is 32.3 Å². The molecule has 2 aliphatic rings. The third kappa shape index (κ3) is 8.75. The second kappa shape index (κ2) is 11.9. The Bertz CT molecular complexity index is 979. The molecule has 9 heteroatoms. The van der Waals surface area contributed by atoms with Crippen LogP contribution in [0.5, 0.6) is 0 Å². The van der Waals surface area contributed by atoms with Crippen molar-refractivity contribution in [2.45, 2.75) is 96.9 Å². The number of amides is 2. The molecule has 0 spiro atoms. The lowest BCUT2D eigenvalue weighted by atomic mass is 9.82. The van der Waals surface area contributed by atoms with Gasteiger partial charge in [-0.1, -0.05) is 24.5 Å². The number of rotatable bonds is 6. The number of aryl methyl sites for hydroxylation is 1. The summed E-state index contributed by atoms with van der Waals surface area (Å²) in [6.45, 7) is 8.06. The Hall–Kier alpha value is -2.58. The van der Waals surface area contributed by atoms with Gasteiger partial charge in [-0.2, -0.15) is 13.2 Å². The van der Waals surface area contributed by atoms with Gasteiger partial charge in [0.2, 0.25) is 5.91 Å². The zero-order valence-electron chi connectivity index (χ0n) is 22.2. The van der Waals surface area contributed by atoms with Crippen molar-refractivity contribution in [3.05, 3.63) is 34.9 Å². The molecule has 1 aromatic rings. The number of carbonyl (C=O) groups is 3. The first kappa shape index (κ1) is 29.0. The minimum absolute atomic E-state index is 0.0238. The van der Waals surface area contributed by atoms with Crippen LogP contribution in [0.15, 0.2) is 18.2 Å². The number of alkyl halides is 3. The number of hydrogen-bond donors (Lipinski definition) is 1. The molecule has 0 radical (unpaired) electrons. The van der Waals surface area contributed by atoms with Crippen LogP contribution in [-0.2, 0) is 26.9 Å². The molecule has 2 fully saturated rings. The highest BCUT2D eigenvalue weighted by molar-refractivity contribution is 5.82. The number of ketones is 1. The van der Waals surface area contributed by atoms with E-state index < -0.39 is 23.4 Å². The van der Waals surface area contributed by atoms with Gasteiger partial charge in [0.15, 0.2) is 0 Å². The van der Waals surface area contributed by atoms with Gasteiger partial charge < -0.3 is 15.0 Å². The molecule has 1 N–H and O–H groups in total. The summed E-state index contributed by atoms with van der Waals surface area (Å²) in [7, 11) is 0. The Labute approximate surface area is 217 Å². The number of nitrogens with one attached hydrogen (secondary N) is 1. The van der Waals surface area contributed by atoms with E-state index in [4.69, 9.17) is 4.74 Å². The molecule has 6 nitrogen and oxygen atoms in total. The Balaban J connectivity index is 1.51. The largest absolute Gasteiger partial charge is 0.444 e. The minimum atomic E-state index is -4.44. The maximum absolute atomic E-state index is 13.3. The standard InChI is InChI=1S/C28H39F3N2O4/c1-18-13-20(15-21(14-18)28(29,30)31)17-22(34)16-19-9-11-33(12-10-19)25(35)23-7-5-6-8-24(23)32-26(36)37-27(2,3)4/h13-15,19,23-24H,5-12,16-17H2,1-4H3,(H,32,36)/t23-,24-/m1/s1. The molecule has 1 aliphatic heterocycles. The van der Waals surface area contributed by atoms with Crippen molar-refractivity contribution in [3.8, 4) is 0 Å². The van der Waals surface area contributed by atoms with Crippen molar-refractivity contribution in [3.63, 3.8) is 0 Å². The summed E-state index contributed by atoms with van der Waals surface area (Å²) in [6, 6.07) is 3.50. The van der Waals surface area contributed by atoms with E-state index >= 15 is 0 Å². The van der Waals surface area contributed by atoms with E-state index in [0.29, 0.717) is 49.9 Å². The number of likely N-dealkylation sites (tertiary alicyclic amines) is 1. The number of hydrogen-bond acceptors (Lipinski definition) is 4. The van der Waals surface area contributed by atoms with Gasteiger partial charge in [0.05, 0.1) is 11.5 Å². The Morgan fingerprint density at radius 1 is 1.00 bits per heavy atom. The average Bonchev–Trinajstić information content (AvgIpc) is 2.77. The van der Waals surface area contributed by atoms with Crippen LogP contribution in [0.4, 0.5) is 18.0 Å². The summed E-state index contributed by atoms with van der Waals surface area (Å²) in [5.74, 6) is -0.239. The molecule has 3 rings (SSSR count). The summed E-state index contributed by atoms with van der Waals surface area (Å²) in [5.41, 5.74) is -0.487. The van der Waals surface area contributed by atoms with Crippen LogP contribution in [0.2, 0.25) is 0 Å². The average molecular weight is 525 g/mol. The molecule has 206 valence electrons. The first-order valence-corrected chi connectivity index (χ1v) is 13.2. The summed E-state index contributed by atoms with van der Waals surface area (Å²) in [5, 5.41) is 2.90. The number of nitrogens with zero attached hydrogens (tertiary/aromatic N) is 1. The van der Waals surface area contributed by atoms with Crippen molar-refractivity contribution in [2.75, 3.05) is 13.1 Å². The van der Waals surface area contributed by atoms with Crippen LogP contribution in [0, 0.1) is 18.8 Å². The van der Waals surface area contributed by atoms with Crippen LogP contribution < -0.4 is 5.32 Å². The van der Waals surface area contributed by atoms with E-state index in [1.807, 2.05) is 4.90 Å². The zero-order chi connectivity index (χ0) is 27.4. The third-order valence-corrected chi connectivity index (χ3v) is 7.09. The van der Waals surface area contributed by atoms with Crippen LogP contribution in [0.1, 0.15) is 82.4 Å². The second-order valence-electron chi connectivity index (χ2n) is 11.5. The Kier molecular flexibility index (Phi) is 9.29. The van der Waals surface area contributed by atoms with E-state index in [1.54, 1.807) is 33.8 Å². The fourth-order valence-electron chi connectivity index (χ4n) is 5.40. The number of piperidine rings is 1. The fraction of sp³-hybridized carbons (Fsp3) is 0.679. The van der Waals surface area contributed by atoms with Gasteiger partial charge >= 0.3 is 12.3 Å². The summed E-state index contributed by atoms with van der Waals surface area (Å²) in [6.07, 6.45) is -0.0000305. The Morgan fingerprint density at radius 3 is 2.27 bits per heavy atom. The second-order valence-corrected chi connectivity index (χ2v) is 11.5. The third-order valence-electron chi connectivity index (χ3n) is 7.09. The molecule has 1 saturated heterocycles. The predicted molar refractivity (Wildman–Crippen MR) is 134 cm³/mol. The topological polar surface area (TPSA) is 75.7 Å².